The van der Waals surface area contributed by atoms with Crippen LogP contribution in [0.5, 0.6) is 0 Å². The van der Waals surface area contributed by atoms with Crippen LogP contribution < -0.4 is 30.6 Å². The van der Waals surface area contributed by atoms with Gasteiger partial charge >= 0.3 is 208 Å². The zero-order valence-corrected chi connectivity index (χ0v) is 22.5. The molecule has 0 saturated heterocycles. The zero-order chi connectivity index (χ0) is 27.4. The van der Waals surface area contributed by atoms with Gasteiger partial charge in [0.05, 0.1) is 0 Å². The molecular weight excluding hydrogens is 889 g/mol. The summed E-state index contributed by atoms with van der Waals surface area (Å²) in [4.78, 5) is 62.5. The van der Waals surface area contributed by atoms with Crippen molar-refractivity contribution in [2.75, 3.05) is 0 Å². The van der Waals surface area contributed by atoms with Crippen LogP contribution in [0.15, 0.2) is 36.5 Å². The Kier molecular flexibility index (Phi) is 42.2. The van der Waals surface area contributed by atoms with Crippen molar-refractivity contribution in [3.8, 4) is 0 Å². The predicted octanol–water partition coefficient (Wildman–Crippen LogP) is -10.2. The van der Waals surface area contributed by atoms with Crippen molar-refractivity contribution in [2.45, 2.75) is 38.5 Å². The van der Waals surface area contributed by atoms with Crippen molar-refractivity contribution in [2.24, 2.45) is 35.5 Å². The normalized spacial score (nSPS) is 24.3. The Morgan fingerprint density at radius 1 is 0.429 bits per heavy atom. The first-order chi connectivity index (χ1) is 16.9. The van der Waals surface area contributed by atoms with E-state index in [-0.39, 0.29) is 208 Å². The summed E-state index contributed by atoms with van der Waals surface area (Å²) in [5, 5.41) is 62.5. The Morgan fingerprint density at radius 3 is 0.738 bits per heavy atom. The molecule has 3 rings (SSSR count). The van der Waals surface area contributed by atoms with Gasteiger partial charge in [-0.05, 0) is 38.5 Å². The first kappa shape index (κ1) is 57.1. The SMILES string of the molecule is O=C([O-])C1C=CCCC1C(=O)[O-].O=C([O-])C1C=CCCC1C(=O)[O-].O=C([O-])C1C=CCCC1C(=O)[O-].[Al+3].[Al+3].[BaH2].[BaH2].[CaH2].[CaH2]. The van der Waals surface area contributed by atoms with Crippen LogP contribution in [0.3, 0.4) is 0 Å². The van der Waals surface area contributed by atoms with E-state index in [1.54, 1.807) is 18.2 Å². The molecule has 0 bridgehead atoms. The molecule has 6 unspecified atom stereocenters. The first-order valence-electron chi connectivity index (χ1n) is 11.1. The number of hydrogen-bond acceptors (Lipinski definition) is 12. The molecule has 6 atom stereocenters. The minimum atomic E-state index is -1.35. The molecule has 3 aliphatic carbocycles. The molecule has 0 heterocycles. The van der Waals surface area contributed by atoms with Crippen molar-refractivity contribution < 1.29 is 59.4 Å². The van der Waals surface area contributed by atoms with E-state index in [4.69, 9.17) is 0 Å². The molecule has 18 heteroatoms. The van der Waals surface area contributed by atoms with E-state index in [0.29, 0.717) is 38.5 Å². The molecule has 0 aromatic rings. The summed E-state index contributed by atoms with van der Waals surface area (Å²) in [6.45, 7) is 0. The number of carboxylic acid groups (broad SMARTS) is 6. The quantitative estimate of drug-likeness (QED) is 0.178. The van der Waals surface area contributed by atoms with Crippen LogP contribution in [0, 0.1) is 35.5 Å². The number of aliphatic carboxylic acids is 6. The van der Waals surface area contributed by atoms with E-state index in [2.05, 4.69) is 0 Å². The van der Waals surface area contributed by atoms with Crippen LogP contribution in [0.1, 0.15) is 38.5 Å². The molecular formula is C24H32Al2Ba2Ca2O12. The second-order valence-corrected chi connectivity index (χ2v) is 8.33. The van der Waals surface area contributed by atoms with Gasteiger partial charge in [0.15, 0.2) is 0 Å². The zero-order valence-electron chi connectivity index (χ0n) is 20.2. The number of carbonyl (C=O) groups excluding carboxylic acids is 6. The van der Waals surface area contributed by atoms with Gasteiger partial charge in [0.1, 0.15) is 0 Å². The first-order valence-corrected chi connectivity index (χ1v) is 11.1. The summed E-state index contributed by atoms with van der Waals surface area (Å²) < 4.78 is 0. The van der Waals surface area contributed by atoms with E-state index in [1.165, 1.54) is 18.2 Å². The van der Waals surface area contributed by atoms with Gasteiger partial charge in [0, 0.05) is 71.3 Å². The number of hydrogen-bond donors (Lipinski definition) is 0. The van der Waals surface area contributed by atoms with Crippen molar-refractivity contribution in [1.29, 1.82) is 0 Å². The third-order valence-corrected chi connectivity index (χ3v) is 5.99. The van der Waals surface area contributed by atoms with Gasteiger partial charge in [-0.2, -0.15) is 0 Å². The van der Waals surface area contributed by atoms with Crippen LogP contribution in [0.4, 0.5) is 0 Å². The van der Waals surface area contributed by atoms with Crippen molar-refractivity contribution in [1.82, 2.24) is 0 Å². The fourth-order valence-corrected chi connectivity index (χ4v) is 4.02. The molecule has 0 radical (unpaired) electrons. The van der Waals surface area contributed by atoms with Crippen LogP contribution in [-0.2, 0) is 28.8 Å². The Hall–Kier alpha value is 2.77. The topological polar surface area (TPSA) is 241 Å². The fourth-order valence-electron chi connectivity index (χ4n) is 4.02. The van der Waals surface area contributed by atoms with Crippen molar-refractivity contribution in [3.63, 3.8) is 0 Å². The van der Waals surface area contributed by atoms with Gasteiger partial charge in [0.25, 0.3) is 0 Å². The third-order valence-electron chi connectivity index (χ3n) is 5.99. The summed E-state index contributed by atoms with van der Waals surface area (Å²) in [6, 6.07) is 0. The van der Waals surface area contributed by atoms with Crippen molar-refractivity contribution >= 4 is 244 Å². The second kappa shape index (κ2) is 31.1. The monoisotopic (exact) mass is 922 g/mol. The molecule has 0 N–H and O–H groups in total. The average Bonchev–Trinajstić information content (AvgIpc) is 2.84. The van der Waals surface area contributed by atoms with Crippen LogP contribution in [0.2, 0.25) is 0 Å². The molecule has 0 aromatic carbocycles. The standard InChI is InChI=1S/3C8H10O4.2Al.2Ba.2Ca.8H/c3*9-7(10)5-3-1-2-4-6(5)8(11)12;;;;;;;;;;;;;;/h3*1,3,5-6H,2,4H2,(H,9,10)(H,11,12);;;;;;;;;;;;;;/q;;;2*+3;;;;;;;;;;;;/p-6. The van der Waals surface area contributed by atoms with Gasteiger partial charge in [0.2, 0.25) is 0 Å². The average molecular weight is 921 g/mol. The number of allylic oxidation sites excluding steroid dienone is 3. The Bertz CT molecular complexity index is 847. The van der Waals surface area contributed by atoms with E-state index in [1.807, 2.05) is 0 Å². The van der Waals surface area contributed by atoms with E-state index in [0.717, 1.165) is 0 Å². The number of rotatable bonds is 6. The van der Waals surface area contributed by atoms with Gasteiger partial charge in [-0.25, -0.2) is 0 Å². The van der Waals surface area contributed by atoms with Crippen LogP contribution in [-0.4, -0.2) is 244 Å². The molecule has 12 nitrogen and oxygen atoms in total. The summed E-state index contributed by atoms with van der Waals surface area (Å²) in [7, 11) is 0. The molecule has 0 aromatic heterocycles. The summed E-state index contributed by atoms with van der Waals surface area (Å²) in [6.07, 6.45) is 11.7. The van der Waals surface area contributed by atoms with Crippen molar-refractivity contribution in [3.05, 3.63) is 36.5 Å². The molecule has 42 heavy (non-hydrogen) atoms. The molecule has 0 fully saturated rings. The summed E-state index contributed by atoms with van der Waals surface area (Å²) in [5.74, 6) is -13.8. The fraction of sp³-hybridized carbons (Fsp3) is 0.500. The minimum absolute atomic E-state index is 0. The second-order valence-electron chi connectivity index (χ2n) is 8.33. The third kappa shape index (κ3) is 20.9. The molecule has 0 spiro atoms. The number of carboxylic acids is 6. The maximum absolute atomic E-state index is 10.4. The van der Waals surface area contributed by atoms with Crippen LogP contribution in [0.25, 0.3) is 0 Å². The van der Waals surface area contributed by atoms with E-state index < -0.39 is 71.3 Å². The van der Waals surface area contributed by atoms with Gasteiger partial charge in [-0.1, -0.05) is 36.5 Å². The molecule has 0 aliphatic heterocycles. The Morgan fingerprint density at radius 2 is 0.619 bits per heavy atom. The maximum atomic E-state index is 10.4. The summed E-state index contributed by atoms with van der Waals surface area (Å²) in [5.41, 5.74) is 0. The molecule has 0 amide bonds. The van der Waals surface area contributed by atoms with E-state index >= 15 is 0 Å². The van der Waals surface area contributed by atoms with Gasteiger partial charge in [-0.15, -0.1) is 0 Å². The Labute approximate surface area is 405 Å². The molecule has 0 saturated carbocycles. The van der Waals surface area contributed by atoms with Gasteiger partial charge in [-0.3, -0.25) is 0 Å². The Balaban J connectivity index is -0.000000108. The van der Waals surface area contributed by atoms with E-state index in [9.17, 15) is 59.4 Å². The number of carbonyl (C=O) groups is 6. The predicted molar refractivity (Wildman–Crippen MR) is 152 cm³/mol. The van der Waals surface area contributed by atoms with Crippen LogP contribution >= 0.6 is 0 Å². The molecule has 214 valence electrons. The molecule has 3 aliphatic rings. The van der Waals surface area contributed by atoms with Gasteiger partial charge < -0.3 is 59.4 Å². The summed E-state index contributed by atoms with van der Waals surface area (Å²) >= 11 is 0.